The lowest BCUT2D eigenvalue weighted by Crippen LogP contribution is -2.36. The van der Waals surface area contributed by atoms with Gasteiger partial charge in [0.1, 0.15) is 0 Å². The number of hydrogen-bond acceptors (Lipinski definition) is 4. The van der Waals surface area contributed by atoms with E-state index in [2.05, 4.69) is 13.8 Å². The SMILES string of the molecule is CCCCC(CC)COC(=O)C12CCC(C(=O)O)CC1O2. The Labute approximate surface area is 126 Å². The summed E-state index contributed by atoms with van der Waals surface area (Å²) in [5.41, 5.74) is -0.824. The van der Waals surface area contributed by atoms with Crippen LogP contribution >= 0.6 is 0 Å². The minimum Gasteiger partial charge on any atom is -0.481 e. The Balaban J connectivity index is 1.79. The van der Waals surface area contributed by atoms with Crippen molar-refractivity contribution in [1.82, 2.24) is 0 Å². The minimum absolute atomic E-state index is 0.254. The third-order valence-electron chi connectivity index (χ3n) is 4.87. The van der Waals surface area contributed by atoms with E-state index in [0.717, 1.165) is 25.7 Å². The summed E-state index contributed by atoms with van der Waals surface area (Å²) in [5.74, 6) is -1.05. The fourth-order valence-corrected chi connectivity index (χ4v) is 3.16. The summed E-state index contributed by atoms with van der Waals surface area (Å²) in [6.07, 6.45) is 5.53. The molecule has 1 saturated carbocycles. The molecule has 1 saturated heterocycles. The molecule has 0 amide bonds. The van der Waals surface area contributed by atoms with Crippen molar-refractivity contribution < 1.29 is 24.2 Å². The number of unbranched alkanes of at least 4 members (excludes halogenated alkanes) is 1. The van der Waals surface area contributed by atoms with Gasteiger partial charge >= 0.3 is 11.9 Å². The van der Waals surface area contributed by atoms with Crippen LogP contribution in [-0.4, -0.2) is 35.4 Å². The first-order valence-corrected chi connectivity index (χ1v) is 8.11. The Bertz CT molecular complexity index is 394. The number of carboxylic acids is 1. The molecule has 4 atom stereocenters. The van der Waals surface area contributed by atoms with Crippen LogP contribution in [0.5, 0.6) is 0 Å². The maximum absolute atomic E-state index is 12.2. The molecule has 1 heterocycles. The Morgan fingerprint density at radius 1 is 1.43 bits per heavy atom. The largest absolute Gasteiger partial charge is 0.481 e. The highest BCUT2D eigenvalue weighted by Gasteiger charge is 2.66. The molecule has 2 aliphatic rings. The summed E-state index contributed by atoms with van der Waals surface area (Å²) >= 11 is 0. The molecule has 0 aromatic carbocycles. The van der Waals surface area contributed by atoms with Crippen molar-refractivity contribution in [3.8, 4) is 0 Å². The number of aliphatic carboxylic acids is 1. The van der Waals surface area contributed by atoms with Crippen LogP contribution in [0.2, 0.25) is 0 Å². The van der Waals surface area contributed by atoms with Gasteiger partial charge in [-0.15, -0.1) is 0 Å². The molecule has 0 aromatic heterocycles. The van der Waals surface area contributed by atoms with E-state index in [-0.39, 0.29) is 18.0 Å². The van der Waals surface area contributed by atoms with Crippen LogP contribution in [0.3, 0.4) is 0 Å². The van der Waals surface area contributed by atoms with Gasteiger partial charge in [0.25, 0.3) is 0 Å². The predicted octanol–water partition coefficient (Wildman–Crippen LogP) is 2.77. The highest BCUT2D eigenvalue weighted by molar-refractivity contribution is 5.84. The summed E-state index contributed by atoms with van der Waals surface area (Å²) < 4.78 is 11.0. The Hall–Kier alpha value is -1.10. The van der Waals surface area contributed by atoms with Crippen LogP contribution in [0.1, 0.15) is 58.8 Å². The third-order valence-corrected chi connectivity index (χ3v) is 4.87. The van der Waals surface area contributed by atoms with Crippen molar-refractivity contribution in [2.75, 3.05) is 6.61 Å². The van der Waals surface area contributed by atoms with Crippen molar-refractivity contribution in [3.63, 3.8) is 0 Å². The number of fused-ring (bicyclic) bond motifs is 1. The summed E-state index contributed by atoms with van der Waals surface area (Å²) in [6, 6.07) is 0. The van der Waals surface area contributed by atoms with Crippen molar-refractivity contribution in [2.45, 2.75) is 70.5 Å². The number of rotatable bonds is 8. The van der Waals surface area contributed by atoms with Crippen molar-refractivity contribution in [1.29, 1.82) is 0 Å². The quantitative estimate of drug-likeness (QED) is 0.551. The highest BCUT2D eigenvalue weighted by Crippen LogP contribution is 2.50. The number of esters is 1. The van der Waals surface area contributed by atoms with E-state index >= 15 is 0 Å². The topological polar surface area (TPSA) is 76.1 Å². The molecule has 0 aromatic rings. The van der Waals surface area contributed by atoms with E-state index in [1.807, 2.05) is 0 Å². The van der Waals surface area contributed by atoms with Crippen molar-refractivity contribution >= 4 is 11.9 Å². The van der Waals surface area contributed by atoms with Crippen LogP contribution in [0.4, 0.5) is 0 Å². The molecule has 0 radical (unpaired) electrons. The lowest BCUT2D eigenvalue weighted by molar-refractivity contribution is -0.153. The lowest BCUT2D eigenvalue weighted by atomic mass is 9.82. The molecule has 0 spiro atoms. The first-order valence-electron chi connectivity index (χ1n) is 8.11. The van der Waals surface area contributed by atoms with Gasteiger partial charge in [-0.05, 0) is 31.6 Å². The molecule has 5 heteroatoms. The molecule has 120 valence electrons. The first kappa shape index (κ1) is 16.3. The third kappa shape index (κ3) is 3.57. The zero-order valence-electron chi connectivity index (χ0n) is 13.0. The monoisotopic (exact) mass is 298 g/mol. The average Bonchev–Trinajstić information content (AvgIpc) is 3.21. The zero-order valence-corrected chi connectivity index (χ0v) is 13.0. The number of carbonyl (C=O) groups is 2. The summed E-state index contributed by atoms with van der Waals surface area (Å²) in [4.78, 5) is 23.2. The summed E-state index contributed by atoms with van der Waals surface area (Å²) in [6.45, 7) is 4.72. The zero-order chi connectivity index (χ0) is 15.5. The highest BCUT2D eigenvalue weighted by atomic mass is 16.7. The number of epoxide rings is 1. The fraction of sp³-hybridized carbons (Fsp3) is 0.875. The molecule has 1 aliphatic heterocycles. The van der Waals surface area contributed by atoms with Gasteiger partial charge < -0.3 is 14.6 Å². The fourth-order valence-electron chi connectivity index (χ4n) is 3.16. The van der Waals surface area contributed by atoms with Gasteiger partial charge in [0, 0.05) is 0 Å². The number of ether oxygens (including phenoxy) is 2. The molecule has 5 nitrogen and oxygen atoms in total. The molecule has 0 bridgehead atoms. The number of carboxylic acid groups (broad SMARTS) is 1. The second kappa shape index (κ2) is 6.77. The first-order chi connectivity index (χ1) is 10.0. The Morgan fingerprint density at radius 2 is 2.19 bits per heavy atom. The molecule has 21 heavy (non-hydrogen) atoms. The maximum atomic E-state index is 12.2. The summed E-state index contributed by atoms with van der Waals surface area (Å²) in [5, 5.41) is 9.02. The molecule has 4 unspecified atom stereocenters. The smallest absolute Gasteiger partial charge is 0.341 e. The minimum atomic E-state index is -0.824. The van der Waals surface area contributed by atoms with Crippen LogP contribution in [0, 0.1) is 11.8 Å². The predicted molar refractivity (Wildman–Crippen MR) is 76.8 cm³/mol. The standard InChI is InChI=1S/C16H26O5/c1-3-5-6-11(4-2)10-20-15(19)16-8-7-12(14(17)18)9-13(16)21-16/h11-13H,3-10H2,1-2H3,(H,17,18). The molecule has 2 fully saturated rings. The number of hydrogen-bond donors (Lipinski definition) is 1. The van der Waals surface area contributed by atoms with Gasteiger partial charge in [-0.3, -0.25) is 4.79 Å². The Morgan fingerprint density at radius 3 is 2.76 bits per heavy atom. The molecule has 1 aliphatic carbocycles. The molecular weight excluding hydrogens is 272 g/mol. The van der Waals surface area contributed by atoms with E-state index in [1.54, 1.807) is 0 Å². The average molecular weight is 298 g/mol. The van der Waals surface area contributed by atoms with E-state index in [9.17, 15) is 9.59 Å². The lowest BCUT2D eigenvalue weighted by Gasteiger charge is -2.22. The van der Waals surface area contributed by atoms with Gasteiger partial charge in [-0.2, -0.15) is 0 Å². The van der Waals surface area contributed by atoms with E-state index in [4.69, 9.17) is 14.6 Å². The van der Waals surface area contributed by atoms with Gasteiger partial charge in [0.15, 0.2) is 5.60 Å². The van der Waals surface area contributed by atoms with Crippen LogP contribution < -0.4 is 0 Å². The van der Waals surface area contributed by atoms with Gasteiger partial charge in [-0.25, -0.2) is 4.79 Å². The van der Waals surface area contributed by atoms with E-state index in [0.29, 0.717) is 31.8 Å². The second-order valence-corrected chi connectivity index (χ2v) is 6.32. The summed E-state index contributed by atoms with van der Waals surface area (Å²) in [7, 11) is 0. The molecule has 1 N–H and O–H groups in total. The Kier molecular flexibility index (Phi) is 5.25. The molecular formula is C16H26O5. The van der Waals surface area contributed by atoms with Gasteiger partial charge in [-0.1, -0.05) is 33.1 Å². The van der Waals surface area contributed by atoms with Crippen LogP contribution in [-0.2, 0) is 19.1 Å². The van der Waals surface area contributed by atoms with E-state index < -0.39 is 11.6 Å². The van der Waals surface area contributed by atoms with Crippen molar-refractivity contribution in [3.05, 3.63) is 0 Å². The normalized spacial score (nSPS) is 32.1. The van der Waals surface area contributed by atoms with Crippen LogP contribution in [0.15, 0.2) is 0 Å². The number of carbonyl (C=O) groups excluding carboxylic acids is 1. The van der Waals surface area contributed by atoms with Crippen molar-refractivity contribution in [2.24, 2.45) is 11.8 Å². The van der Waals surface area contributed by atoms with E-state index in [1.165, 1.54) is 0 Å². The maximum Gasteiger partial charge on any atom is 0.341 e. The van der Waals surface area contributed by atoms with Gasteiger partial charge in [0.2, 0.25) is 0 Å². The van der Waals surface area contributed by atoms with Gasteiger partial charge in [0.05, 0.1) is 18.6 Å². The molecule has 2 rings (SSSR count). The second-order valence-electron chi connectivity index (χ2n) is 6.32. The van der Waals surface area contributed by atoms with Crippen LogP contribution in [0.25, 0.3) is 0 Å².